The fourth-order valence-electron chi connectivity index (χ4n) is 2.56. The van der Waals surface area contributed by atoms with Crippen molar-refractivity contribution in [1.82, 2.24) is 10.2 Å². The van der Waals surface area contributed by atoms with Crippen LogP contribution in [0.5, 0.6) is 11.5 Å². The summed E-state index contributed by atoms with van der Waals surface area (Å²) in [5.74, 6) is -0.218. The number of methoxy groups -OCH3 is 1. The van der Waals surface area contributed by atoms with Crippen LogP contribution in [0.15, 0.2) is 42.5 Å². The van der Waals surface area contributed by atoms with E-state index in [1.54, 1.807) is 43.4 Å². The van der Waals surface area contributed by atoms with E-state index in [9.17, 15) is 18.4 Å². The number of hydrogen-bond acceptors (Lipinski definition) is 4. The fraction of sp³-hybridized carbons (Fsp3) is 0.300. The zero-order valence-electron chi connectivity index (χ0n) is 15.9. The number of hydrogen-bond donors (Lipinski definition) is 1. The quantitative estimate of drug-likeness (QED) is 0.749. The number of nitrogens with one attached hydrogen (secondary N) is 1. The molecule has 0 heterocycles. The molecule has 8 heteroatoms. The number of carbonyl (C=O) groups is 2. The maximum absolute atomic E-state index is 12.6. The van der Waals surface area contributed by atoms with Gasteiger partial charge in [-0.15, -0.1) is 0 Å². The van der Waals surface area contributed by atoms with E-state index in [0.29, 0.717) is 17.7 Å². The minimum Gasteiger partial charge on any atom is -0.493 e. The minimum atomic E-state index is -2.95. The number of carbonyl (C=O) groups excluding carboxylic acids is 2. The van der Waals surface area contributed by atoms with Crippen LogP contribution in [0.3, 0.4) is 0 Å². The Labute approximate surface area is 162 Å². The summed E-state index contributed by atoms with van der Waals surface area (Å²) in [6, 6.07) is 11.5. The lowest BCUT2D eigenvalue weighted by atomic mass is 10.1. The summed E-state index contributed by atoms with van der Waals surface area (Å²) in [7, 11) is 3.00. The lowest BCUT2D eigenvalue weighted by Crippen LogP contribution is -2.26. The Bertz CT molecular complexity index is 825. The molecule has 0 fully saturated rings. The maximum Gasteiger partial charge on any atom is 0.387 e. The molecule has 150 valence electrons. The number of rotatable bonds is 8. The van der Waals surface area contributed by atoms with Crippen molar-refractivity contribution in [2.75, 3.05) is 14.2 Å². The largest absolute Gasteiger partial charge is 0.493 e. The van der Waals surface area contributed by atoms with E-state index < -0.39 is 6.61 Å². The van der Waals surface area contributed by atoms with Crippen molar-refractivity contribution in [1.29, 1.82) is 0 Å². The van der Waals surface area contributed by atoms with Gasteiger partial charge in [-0.2, -0.15) is 8.78 Å². The normalized spacial score (nSPS) is 10.5. The van der Waals surface area contributed by atoms with Crippen LogP contribution in [-0.2, 0) is 17.9 Å². The van der Waals surface area contributed by atoms with Crippen molar-refractivity contribution in [3.05, 3.63) is 59.2 Å². The highest BCUT2D eigenvalue weighted by atomic mass is 19.3. The van der Waals surface area contributed by atoms with E-state index in [0.717, 1.165) is 5.56 Å². The van der Waals surface area contributed by atoms with Crippen molar-refractivity contribution in [2.24, 2.45) is 0 Å². The number of benzene rings is 2. The molecule has 0 atom stereocenters. The first-order valence-corrected chi connectivity index (χ1v) is 8.50. The Kier molecular flexibility index (Phi) is 7.31. The maximum atomic E-state index is 12.6. The second-order valence-electron chi connectivity index (χ2n) is 6.13. The molecule has 1 N–H and O–H groups in total. The number of halogens is 2. The molecule has 0 radical (unpaired) electrons. The smallest absolute Gasteiger partial charge is 0.387 e. The topological polar surface area (TPSA) is 67.9 Å². The third kappa shape index (κ3) is 5.94. The predicted molar refractivity (Wildman–Crippen MR) is 99.4 cm³/mol. The summed E-state index contributed by atoms with van der Waals surface area (Å²) >= 11 is 0. The van der Waals surface area contributed by atoms with E-state index in [-0.39, 0.29) is 29.9 Å². The molecule has 0 aliphatic rings. The molecule has 0 aliphatic heterocycles. The van der Waals surface area contributed by atoms with Gasteiger partial charge < -0.3 is 19.7 Å². The molecule has 2 amide bonds. The van der Waals surface area contributed by atoms with E-state index >= 15 is 0 Å². The standard InChI is InChI=1S/C20H22F2N2O4/c1-13(25)23-11-14-4-7-16(8-5-14)19(26)24(2)12-15-6-9-17(28-20(21)22)18(10-15)27-3/h4-10,20H,11-12H2,1-3H3,(H,23,25). The van der Waals surface area contributed by atoms with Gasteiger partial charge in [-0.25, -0.2) is 0 Å². The molecule has 0 saturated carbocycles. The van der Waals surface area contributed by atoms with Crippen LogP contribution in [0.25, 0.3) is 0 Å². The SMILES string of the molecule is COc1cc(CN(C)C(=O)c2ccc(CNC(C)=O)cc2)ccc1OC(F)F. The zero-order chi connectivity index (χ0) is 20.7. The Morgan fingerprint density at radius 3 is 2.29 bits per heavy atom. The summed E-state index contributed by atoms with van der Waals surface area (Å²) in [5.41, 5.74) is 2.09. The summed E-state index contributed by atoms with van der Waals surface area (Å²) in [4.78, 5) is 25.0. The summed E-state index contributed by atoms with van der Waals surface area (Å²) in [5, 5.41) is 2.69. The number of alkyl halides is 2. The molecule has 2 aromatic carbocycles. The lowest BCUT2D eigenvalue weighted by molar-refractivity contribution is -0.119. The molecule has 2 rings (SSSR count). The van der Waals surface area contributed by atoms with Crippen LogP contribution in [0, 0.1) is 0 Å². The Morgan fingerprint density at radius 2 is 1.71 bits per heavy atom. The second-order valence-corrected chi connectivity index (χ2v) is 6.13. The molecule has 0 aromatic heterocycles. The number of amides is 2. The molecule has 0 bridgehead atoms. The first-order valence-electron chi connectivity index (χ1n) is 8.50. The van der Waals surface area contributed by atoms with Gasteiger partial charge in [0.05, 0.1) is 7.11 Å². The van der Waals surface area contributed by atoms with Crippen molar-refractivity contribution in [2.45, 2.75) is 26.6 Å². The average Bonchev–Trinajstić information content (AvgIpc) is 2.66. The molecule has 0 unspecified atom stereocenters. The molecular formula is C20H22F2N2O4. The number of nitrogens with zero attached hydrogens (tertiary/aromatic N) is 1. The van der Waals surface area contributed by atoms with Crippen LogP contribution in [-0.4, -0.2) is 37.5 Å². The minimum absolute atomic E-state index is 0.0648. The first-order chi connectivity index (χ1) is 13.3. The Balaban J connectivity index is 2.04. The fourth-order valence-corrected chi connectivity index (χ4v) is 2.56. The van der Waals surface area contributed by atoms with Crippen LogP contribution in [0.1, 0.15) is 28.4 Å². The molecule has 6 nitrogen and oxygen atoms in total. The highest BCUT2D eigenvalue weighted by Crippen LogP contribution is 2.29. The third-order valence-corrected chi connectivity index (χ3v) is 3.95. The molecule has 2 aromatic rings. The van der Waals surface area contributed by atoms with Crippen LogP contribution < -0.4 is 14.8 Å². The van der Waals surface area contributed by atoms with Gasteiger partial charge in [0, 0.05) is 32.6 Å². The van der Waals surface area contributed by atoms with Gasteiger partial charge in [0.1, 0.15) is 0 Å². The summed E-state index contributed by atoms with van der Waals surface area (Å²) in [6.45, 7) is -0.851. The van der Waals surface area contributed by atoms with E-state index in [2.05, 4.69) is 10.1 Å². The third-order valence-electron chi connectivity index (χ3n) is 3.95. The lowest BCUT2D eigenvalue weighted by Gasteiger charge is -2.19. The van der Waals surface area contributed by atoms with E-state index in [1.807, 2.05) is 0 Å². The number of ether oxygens (including phenoxy) is 2. The molecule has 0 saturated heterocycles. The van der Waals surface area contributed by atoms with Crippen LogP contribution in [0.2, 0.25) is 0 Å². The van der Waals surface area contributed by atoms with Gasteiger partial charge in [0.15, 0.2) is 11.5 Å². The molecule has 0 aliphatic carbocycles. The van der Waals surface area contributed by atoms with Gasteiger partial charge in [-0.1, -0.05) is 18.2 Å². The van der Waals surface area contributed by atoms with Crippen molar-refractivity contribution in [3.63, 3.8) is 0 Å². The van der Waals surface area contributed by atoms with Crippen molar-refractivity contribution < 1.29 is 27.8 Å². The van der Waals surface area contributed by atoms with Gasteiger partial charge in [-0.3, -0.25) is 9.59 Å². The molecule has 0 spiro atoms. The van der Waals surface area contributed by atoms with Crippen LogP contribution >= 0.6 is 0 Å². The van der Waals surface area contributed by atoms with E-state index in [1.165, 1.54) is 25.0 Å². The first kappa shape index (κ1) is 21.1. The van der Waals surface area contributed by atoms with Gasteiger partial charge in [-0.05, 0) is 35.4 Å². The second kappa shape index (κ2) is 9.68. The highest BCUT2D eigenvalue weighted by molar-refractivity contribution is 5.94. The predicted octanol–water partition coefficient (Wildman–Crippen LogP) is 3.20. The summed E-state index contributed by atoms with van der Waals surface area (Å²) < 4.78 is 34.3. The monoisotopic (exact) mass is 392 g/mol. The van der Waals surface area contributed by atoms with Gasteiger partial charge >= 0.3 is 6.61 Å². The Morgan fingerprint density at radius 1 is 1.07 bits per heavy atom. The van der Waals surface area contributed by atoms with Crippen molar-refractivity contribution in [3.8, 4) is 11.5 Å². The molecular weight excluding hydrogens is 370 g/mol. The molecule has 28 heavy (non-hydrogen) atoms. The highest BCUT2D eigenvalue weighted by Gasteiger charge is 2.15. The van der Waals surface area contributed by atoms with Gasteiger partial charge in [0.25, 0.3) is 5.91 Å². The summed E-state index contributed by atoms with van der Waals surface area (Å²) in [6.07, 6.45) is 0. The van der Waals surface area contributed by atoms with Gasteiger partial charge in [0.2, 0.25) is 5.91 Å². The average molecular weight is 392 g/mol. The van der Waals surface area contributed by atoms with Crippen molar-refractivity contribution >= 4 is 11.8 Å². The Hall–Kier alpha value is -3.16. The van der Waals surface area contributed by atoms with E-state index in [4.69, 9.17) is 4.74 Å². The van der Waals surface area contributed by atoms with Crippen LogP contribution in [0.4, 0.5) is 8.78 Å². The zero-order valence-corrected chi connectivity index (χ0v) is 15.9.